The summed E-state index contributed by atoms with van der Waals surface area (Å²) in [6, 6.07) is 0. The monoisotopic (exact) mass is 170 g/mol. The van der Waals surface area contributed by atoms with E-state index in [0.29, 0.717) is 6.61 Å². The molecule has 0 bridgehead atoms. The number of ketones is 1. The van der Waals surface area contributed by atoms with Crippen LogP contribution < -0.4 is 0 Å². The number of ether oxygens (including phenoxy) is 2. The molecule has 0 aliphatic carbocycles. The molecule has 0 spiro atoms. The van der Waals surface area contributed by atoms with Gasteiger partial charge in [-0.3, -0.25) is 4.79 Å². The van der Waals surface area contributed by atoms with E-state index in [-0.39, 0.29) is 12.0 Å². The Morgan fingerprint density at radius 3 is 2.75 bits per heavy atom. The molecule has 0 amide bonds. The summed E-state index contributed by atoms with van der Waals surface area (Å²) in [7, 11) is 0. The molecule has 0 aromatic heterocycles. The highest BCUT2D eigenvalue weighted by molar-refractivity contribution is 6.39. The Labute approximate surface area is 69.8 Å². The largest absolute Gasteiger partial charge is 0.453 e. The summed E-state index contributed by atoms with van der Waals surface area (Å²) < 4.78 is 10.2. The summed E-state index contributed by atoms with van der Waals surface area (Å²) in [4.78, 5) is 22.1. The molecule has 2 rings (SSSR count). The first-order valence-electron chi connectivity index (χ1n) is 3.95. The van der Waals surface area contributed by atoms with E-state index in [1.165, 1.54) is 0 Å². The zero-order chi connectivity index (χ0) is 8.93. The summed E-state index contributed by atoms with van der Waals surface area (Å²) in [5, 5.41) is 0. The van der Waals surface area contributed by atoms with Gasteiger partial charge in [-0.2, -0.15) is 0 Å². The molecule has 0 saturated carbocycles. The Bertz CT molecular complexity index is 260. The molecule has 2 aliphatic heterocycles. The van der Waals surface area contributed by atoms with E-state index in [0.717, 1.165) is 0 Å². The lowest BCUT2D eigenvalue weighted by molar-refractivity contribution is -0.151. The molecule has 4 heteroatoms. The minimum absolute atomic E-state index is 0.116. The van der Waals surface area contributed by atoms with Crippen LogP contribution in [0.3, 0.4) is 0 Å². The molecule has 4 nitrogen and oxygen atoms in total. The van der Waals surface area contributed by atoms with Gasteiger partial charge in [-0.25, -0.2) is 4.79 Å². The minimum atomic E-state index is -1.00. The first-order chi connectivity index (χ1) is 5.55. The second-order valence-electron chi connectivity index (χ2n) is 3.55. The number of hydrogen-bond donors (Lipinski definition) is 0. The first kappa shape index (κ1) is 7.73. The van der Waals surface area contributed by atoms with Crippen LogP contribution in [-0.2, 0) is 19.1 Å². The zero-order valence-corrected chi connectivity index (χ0v) is 6.99. The molecule has 3 unspecified atom stereocenters. The summed E-state index contributed by atoms with van der Waals surface area (Å²) in [5.74, 6) is -1.18. The van der Waals surface area contributed by atoms with E-state index in [4.69, 9.17) is 9.47 Å². The Morgan fingerprint density at radius 2 is 2.17 bits per heavy atom. The molecule has 2 heterocycles. The number of Topliss-reactive ketones (excluding diaryl/α,β-unsaturated/α-hetero) is 1. The van der Waals surface area contributed by atoms with Crippen LogP contribution in [0.4, 0.5) is 0 Å². The first-order valence-corrected chi connectivity index (χ1v) is 3.95. The number of carbonyl (C=O) groups excluding carboxylic acids is 2. The van der Waals surface area contributed by atoms with Crippen molar-refractivity contribution >= 4 is 11.8 Å². The standard InChI is InChI=1S/C8H10O4/c1-4-3-11-8(2)5(9)7(10)12-6(4)8/h4,6H,3H2,1-2H3. The molecule has 2 saturated heterocycles. The average Bonchev–Trinajstić information content (AvgIpc) is 2.42. The topological polar surface area (TPSA) is 52.6 Å². The number of rotatable bonds is 0. The summed E-state index contributed by atoms with van der Waals surface area (Å²) >= 11 is 0. The molecule has 66 valence electrons. The third-order valence-electron chi connectivity index (χ3n) is 2.58. The van der Waals surface area contributed by atoms with Crippen molar-refractivity contribution in [3.05, 3.63) is 0 Å². The quantitative estimate of drug-likeness (QED) is 0.376. The van der Waals surface area contributed by atoms with Crippen molar-refractivity contribution in [3.63, 3.8) is 0 Å². The second kappa shape index (κ2) is 2.07. The summed E-state index contributed by atoms with van der Waals surface area (Å²) in [6.45, 7) is 4.01. The van der Waals surface area contributed by atoms with Crippen LogP contribution in [0.5, 0.6) is 0 Å². The lowest BCUT2D eigenvalue weighted by Crippen LogP contribution is -2.40. The van der Waals surface area contributed by atoms with Gasteiger partial charge in [0, 0.05) is 5.92 Å². The third-order valence-corrected chi connectivity index (χ3v) is 2.58. The molecule has 12 heavy (non-hydrogen) atoms. The van der Waals surface area contributed by atoms with Gasteiger partial charge in [-0.1, -0.05) is 6.92 Å². The van der Waals surface area contributed by atoms with E-state index < -0.39 is 17.4 Å². The molecule has 2 aliphatic rings. The van der Waals surface area contributed by atoms with Gasteiger partial charge < -0.3 is 9.47 Å². The van der Waals surface area contributed by atoms with Crippen molar-refractivity contribution in [1.82, 2.24) is 0 Å². The molecular weight excluding hydrogens is 160 g/mol. The molecule has 0 radical (unpaired) electrons. The fourth-order valence-electron chi connectivity index (χ4n) is 1.81. The predicted molar refractivity (Wildman–Crippen MR) is 38.4 cm³/mol. The minimum Gasteiger partial charge on any atom is -0.453 e. The van der Waals surface area contributed by atoms with Crippen molar-refractivity contribution in [2.45, 2.75) is 25.6 Å². The number of fused-ring (bicyclic) bond motifs is 1. The number of carbonyl (C=O) groups is 2. The van der Waals surface area contributed by atoms with Crippen LogP contribution in [0.15, 0.2) is 0 Å². The second-order valence-corrected chi connectivity index (χ2v) is 3.55. The van der Waals surface area contributed by atoms with Crippen LogP contribution in [0.25, 0.3) is 0 Å². The number of hydrogen-bond acceptors (Lipinski definition) is 4. The van der Waals surface area contributed by atoms with Crippen LogP contribution in [-0.4, -0.2) is 30.1 Å². The van der Waals surface area contributed by atoms with Gasteiger partial charge in [-0.05, 0) is 6.92 Å². The maximum absolute atomic E-state index is 11.3. The van der Waals surface area contributed by atoms with Crippen molar-refractivity contribution in [1.29, 1.82) is 0 Å². The summed E-state index contributed by atoms with van der Waals surface area (Å²) in [6.07, 6.45) is -0.377. The summed E-state index contributed by atoms with van der Waals surface area (Å²) in [5.41, 5.74) is -1.00. The van der Waals surface area contributed by atoms with Crippen LogP contribution in [0.2, 0.25) is 0 Å². The molecular formula is C8H10O4. The van der Waals surface area contributed by atoms with Crippen LogP contribution in [0.1, 0.15) is 13.8 Å². The highest BCUT2D eigenvalue weighted by atomic mass is 16.6. The van der Waals surface area contributed by atoms with Crippen LogP contribution in [0, 0.1) is 5.92 Å². The predicted octanol–water partition coefficient (Wildman–Crippen LogP) is -0.0941. The zero-order valence-electron chi connectivity index (χ0n) is 6.99. The maximum atomic E-state index is 11.3. The van der Waals surface area contributed by atoms with Crippen molar-refractivity contribution < 1.29 is 19.1 Å². The van der Waals surface area contributed by atoms with E-state index >= 15 is 0 Å². The number of esters is 1. The fraction of sp³-hybridized carbons (Fsp3) is 0.750. The lowest BCUT2D eigenvalue weighted by atomic mass is 9.92. The third kappa shape index (κ3) is 0.705. The molecule has 0 aromatic carbocycles. The fourth-order valence-corrected chi connectivity index (χ4v) is 1.81. The van der Waals surface area contributed by atoms with E-state index in [2.05, 4.69) is 0 Å². The van der Waals surface area contributed by atoms with Crippen molar-refractivity contribution in [2.75, 3.05) is 6.61 Å². The van der Waals surface area contributed by atoms with Crippen molar-refractivity contribution in [2.24, 2.45) is 5.92 Å². The lowest BCUT2D eigenvalue weighted by Gasteiger charge is -2.17. The highest BCUT2D eigenvalue weighted by Crippen LogP contribution is 2.38. The van der Waals surface area contributed by atoms with Crippen molar-refractivity contribution in [3.8, 4) is 0 Å². The SMILES string of the molecule is CC1COC2(C)C(=O)C(=O)OC12. The van der Waals surface area contributed by atoms with Gasteiger partial charge in [0.2, 0.25) is 0 Å². The van der Waals surface area contributed by atoms with Gasteiger partial charge >= 0.3 is 5.97 Å². The Balaban J connectivity index is 2.38. The average molecular weight is 170 g/mol. The normalized spacial score (nSPS) is 46.2. The van der Waals surface area contributed by atoms with Gasteiger partial charge in [0.05, 0.1) is 6.61 Å². The Morgan fingerprint density at radius 1 is 1.50 bits per heavy atom. The van der Waals surface area contributed by atoms with Crippen LogP contribution >= 0.6 is 0 Å². The van der Waals surface area contributed by atoms with Gasteiger partial charge in [0.1, 0.15) is 6.10 Å². The van der Waals surface area contributed by atoms with Gasteiger partial charge in [-0.15, -0.1) is 0 Å². The Hall–Kier alpha value is -0.900. The van der Waals surface area contributed by atoms with E-state index in [1.54, 1.807) is 6.92 Å². The molecule has 3 atom stereocenters. The molecule has 0 aromatic rings. The highest BCUT2D eigenvalue weighted by Gasteiger charge is 2.60. The molecule has 2 fully saturated rings. The maximum Gasteiger partial charge on any atom is 0.378 e. The van der Waals surface area contributed by atoms with E-state index in [1.807, 2.05) is 6.92 Å². The van der Waals surface area contributed by atoms with E-state index in [9.17, 15) is 9.59 Å². The van der Waals surface area contributed by atoms with Gasteiger partial charge in [0.15, 0.2) is 5.60 Å². The smallest absolute Gasteiger partial charge is 0.378 e. The Kier molecular flexibility index (Phi) is 1.33. The van der Waals surface area contributed by atoms with Gasteiger partial charge in [0.25, 0.3) is 5.78 Å². The molecule has 0 N–H and O–H groups in total.